The Bertz CT molecular complexity index is 1180. The van der Waals surface area contributed by atoms with E-state index in [2.05, 4.69) is 20.6 Å². The summed E-state index contributed by atoms with van der Waals surface area (Å²) in [5, 5.41) is 16.6. The summed E-state index contributed by atoms with van der Waals surface area (Å²) in [5.41, 5.74) is 3.93. The lowest BCUT2D eigenvalue weighted by Crippen LogP contribution is -2.20. The Morgan fingerprint density at radius 2 is 2.00 bits per heavy atom. The van der Waals surface area contributed by atoms with Gasteiger partial charge in [-0.05, 0) is 49.2 Å². The number of fused-ring (bicyclic) bond motifs is 1. The summed E-state index contributed by atoms with van der Waals surface area (Å²) in [6, 6.07) is 13.4. The SMILES string of the molecule is CCc1nnc2sc(-c3cccc(NC(=O)COc4ccc(C)c(C)c4)c3)nn12. The normalized spacial score (nSPS) is 11.0. The zero-order valence-corrected chi connectivity index (χ0v) is 17.3. The van der Waals surface area contributed by atoms with Crippen LogP contribution in [-0.2, 0) is 11.2 Å². The molecule has 1 N–H and O–H groups in total. The van der Waals surface area contributed by atoms with E-state index in [0.29, 0.717) is 11.4 Å². The van der Waals surface area contributed by atoms with Gasteiger partial charge in [0.2, 0.25) is 4.96 Å². The van der Waals surface area contributed by atoms with Crippen LogP contribution in [0.25, 0.3) is 15.5 Å². The van der Waals surface area contributed by atoms with Crippen LogP contribution >= 0.6 is 11.3 Å². The number of amides is 1. The molecule has 0 bridgehead atoms. The average molecular weight is 407 g/mol. The highest BCUT2D eigenvalue weighted by molar-refractivity contribution is 7.19. The fraction of sp³-hybridized carbons (Fsp3) is 0.238. The molecule has 0 aliphatic carbocycles. The highest BCUT2D eigenvalue weighted by Gasteiger charge is 2.12. The summed E-state index contributed by atoms with van der Waals surface area (Å²) >= 11 is 1.46. The number of anilines is 1. The zero-order valence-electron chi connectivity index (χ0n) is 16.5. The standard InChI is InChI=1S/C21H21N5O2S/c1-4-18-23-24-21-26(18)25-20(29-21)15-6-5-7-16(11-15)22-19(27)12-28-17-9-8-13(2)14(3)10-17/h5-11H,4,12H2,1-3H3,(H,22,27). The van der Waals surface area contributed by atoms with Crippen molar-refractivity contribution in [2.75, 3.05) is 11.9 Å². The first-order valence-corrected chi connectivity index (χ1v) is 10.2. The van der Waals surface area contributed by atoms with E-state index in [4.69, 9.17) is 4.74 Å². The molecule has 0 fully saturated rings. The van der Waals surface area contributed by atoms with Gasteiger partial charge in [0.15, 0.2) is 12.4 Å². The van der Waals surface area contributed by atoms with Gasteiger partial charge >= 0.3 is 0 Å². The number of nitrogens with one attached hydrogen (secondary N) is 1. The lowest BCUT2D eigenvalue weighted by atomic mass is 10.1. The molecule has 0 radical (unpaired) electrons. The minimum absolute atomic E-state index is 0.0522. The summed E-state index contributed by atoms with van der Waals surface area (Å²) < 4.78 is 7.37. The van der Waals surface area contributed by atoms with Gasteiger partial charge in [-0.2, -0.15) is 9.61 Å². The molecule has 1 amide bonds. The smallest absolute Gasteiger partial charge is 0.262 e. The topological polar surface area (TPSA) is 81.4 Å². The number of ether oxygens (including phenoxy) is 1. The van der Waals surface area contributed by atoms with E-state index >= 15 is 0 Å². The van der Waals surface area contributed by atoms with Gasteiger partial charge in [0.1, 0.15) is 10.8 Å². The number of aryl methyl sites for hydroxylation is 3. The van der Waals surface area contributed by atoms with Crippen molar-refractivity contribution in [1.82, 2.24) is 19.8 Å². The maximum absolute atomic E-state index is 12.3. The fourth-order valence-corrected chi connectivity index (χ4v) is 3.73. The van der Waals surface area contributed by atoms with Crippen molar-refractivity contribution < 1.29 is 9.53 Å². The lowest BCUT2D eigenvalue weighted by Gasteiger charge is -2.09. The summed E-state index contributed by atoms with van der Waals surface area (Å²) in [7, 11) is 0. The molecule has 8 heteroatoms. The number of aromatic nitrogens is 4. The van der Waals surface area contributed by atoms with Crippen LogP contribution in [0.5, 0.6) is 5.75 Å². The molecule has 0 atom stereocenters. The summed E-state index contributed by atoms with van der Waals surface area (Å²) in [6.45, 7) is 6.02. The van der Waals surface area contributed by atoms with E-state index in [-0.39, 0.29) is 12.5 Å². The van der Waals surface area contributed by atoms with Crippen LogP contribution in [-0.4, -0.2) is 32.3 Å². The molecule has 29 heavy (non-hydrogen) atoms. The number of nitrogens with zero attached hydrogens (tertiary/aromatic N) is 4. The maximum Gasteiger partial charge on any atom is 0.262 e. The summed E-state index contributed by atoms with van der Waals surface area (Å²) in [4.78, 5) is 13.1. The van der Waals surface area contributed by atoms with Crippen LogP contribution in [0.1, 0.15) is 23.9 Å². The first-order valence-electron chi connectivity index (χ1n) is 9.35. The molecule has 4 rings (SSSR count). The van der Waals surface area contributed by atoms with E-state index < -0.39 is 0 Å². The molecule has 0 unspecified atom stereocenters. The maximum atomic E-state index is 12.3. The third-order valence-corrected chi connectivity index (χ3v) is 5.56. The largest absolute Gasteiger partial charge is 0.484 e. The van der Waals surface area contributed by atoms with Gasteiger partial charge < -0.3 is 10.1 Å². The molecule has 148 valence electrons. The number of rotatable bonds is 6. The van der Waals surface area contributed by atoms with Gasteiger partial charge in [-0.25, -0.2) is 0 Å². The van der Waals surface area contributed by atoms with E-state index in [0.717, 1.165) is 33.3 Å². The predicted octanol–water partition coefficient (Wildman–Crippen LogP) is 4.05. The number of hydrogen-bond acceptors (Lipinski definition) is 6. The van der Waals surface area contributed by atoms with Crippen LogP contribution in [0.15, 0.2) is 42.5 Å². The molecule has 0 aliphatic heterocycles. The van der Waals surface area contributed by atoms with Gasteiger partial charge in [0.05, 0.1) is 0 Å². The molecule has 0 aliphatic rings. The molecule has 4 aromatic rings. The van der Waals surface area contributed by atoms with Crippen molar-refractivity contribution in [2.24, 2.45) is 0 Å². The van der Waals surface area contributed by atoms with Crippen molar-refractivity contribution in [3.63, 3.8) is 0 Å². The van der Waals surface area contributed by atoms with Gasteiger partial charge in [0.25, 0.3) is 5.91 Å². The average Bonchev–Trinajstić information content (AvgIpc) is 3.30. The van der Waals surface area contributed by atoms with Crippen LogP contribution in [0.2, 0.25) is 0 Å². The number of benzene rings is 2. The number of carbonyl (C=O) groups is 1. The Morgan fingerprint density at radius 1 is 1.14 bits per heavy atom. The van der Waals surface area contributed by atoms with Crippen molar-refractivity contribution in [1.29, 1.82) is 0 Å². The third kappa shape index (κ3) is 4.12. The van der Waals surface area contributed by atoms with E-state index in [1.807, 2.05) is 63.2 Å². The number of carbonyl (C=O) groups excluding carboxylic acids is 1. The quantitative estimate of drug-likeness (QED) is 0.521. The molecule has 0 saturated heterocycles. The van der Waals surface area contributed by atoms with Gasteiger partial charge in [0, 0.05) is 17.7 Å². The minimum atomic E-state index is -0.216. The lowest BCUT2D eigenvalue weighted by molar-refractivity contribution is -0.118. The molecular formula is C21H21N5O2S. The van der Waals surface area contributed by atoms with E-state index in [9.17, 15) is 4.79 Å². The van der Waals surface area contributed by atoms with Crippen molar-refractivity contribution in [3.05, 3.63) is 59.4 Å². The Balaban J connectivity index is 1.44. The third-order valence-electron chi connectivity index (χ3n) is 4.61. The van der Waals surface area contributed by atoms with Crippen molar-refractivity contribution >= 4 is 27.9 Å². The van der Waals surface area contributed by atoms with Crippen molar-refractivity contribution in [3.8, 4) is 16.3 Å². The Labute approximate surface area is 172 Å². The molecule has 2 aromatic carbocycles. The molecule has 2 aromatic heterocycles. The Morgan fingerprint density at radius 3 is 2.79 bits per heavy atom. The van der Waals surface area contributed by atoms with Crippen LogP contribution in [0.3, 0.4) is 0 Å². The van der Waals surface area contributed by atoms with Crippen LogP contribution < -0.4 is 10.1 Å². The first kappa shape index (κ1) is 19.1. The molecule has 0 saturated carbocycles. The van der Waals surface area contributed by atoms with Crippen LogP contribution in [0, 0.1) is 13.8 Å². The Kier molecular flexibility index (Phi) is 5.26. The zero-order chi connectivity index (χ0) is 20.4. The van der Waals surface area contributed by atoms with E-state index in [1.54, 1.807) is 4.52 Å². The second-order valence-electron chi connectivity index (χ2n) is 6.74. The van der Waals surface area contributed by atoms with Gasteiger partial charge in [-0.3, -0.25) is 4.79 Å². The highest BCUT2D eigenvalue weighted by atomic mass is 32.1. The fourth-order valence-electron chi connectivity index (χ4n) is 2.87. The second kappa shape index (κ2) is 8.00. The first-order chi connectivity index (χ1) is 14.0. The van der Waals surface area contributed by atoms with Gasteiger partial charge in [-0.1, -0.05) is 36.5 Å². The summed E-state index contributed by atoms with van der Waals surface area (Å²) in [6.07, 6.45) is 0.765. The van der Waals surface area contributed by atoms with Gasteiger partial charge in [-0.15, -0.1) is 10.2 Å². The molecule has 2 heterocycles. The van der Waals surface area contributed by atoms with Crippen molar-refractivity contribution in [2.45, 2.75) is 27.2 Å². The van der Waals surface area contributed by atoms with Crippen LogP contribution in [0.4, 0.5) is 5.69 Å². The Hall–Kier alpha value is -3.26. The predicted molar refractivity (Wildman–Crippen MR) is 114 cm³/mol. The monoisotopic (exact) mass is 407 g/mol. The highest BCUT2D eigenvalue weighted by Crippen LogP contribution is 2.27. The molecule has 0 spiro atoms. The number of hydrogen-bond donors (Lipinski definition) is 1. The second-order valence-corrected chi connectivity index (χ2v) is 7.69. The minimum Gasteiger partial charge on any atom is -0.484 e. The molecular weight excluding hydrogens is 386 g/mol. The van der Waals surface area contributed by atoms with E-state index in [1.165, 1.54) is 16.9 Å². The molecule has 7 nitrogen and oxygen atoms in total. The summed E-state index contributed by atoms with van der Waals surface area (Å²) in [5.74, 6) is 1.30.